The molecule has 1 aliphatic carbocycles. The fourth-order valence-electron chi connectivity index (χ4n) is 4.72. The lowest BCUT2D eigenvalue weighted by molar-refractivity contribution is 0.227. The summed E-state index contributed by atoms with van der Waals surface area (Å²) in [6, 6.07) is 11.0. The smallest absolute Gasteiger partial charge is 0.276 e. The van der Waals surface area contributed by atoms with Gasteiger partial charge in [0, 0.05) is 12.7 Å². The van der Waals surface area contributed by atoms with E-state index in [4.69, 9.17) is 10.1 Å². The number of benzene rings is 1. The van der Waals surface area contributed by atoms with Crippen molar-refractivity contribution in [3.05, 3.63) is 47.7 Å². The van der Waals surface area contributed by atoms with Gasteiger partial charge in [0.15, 0.2) is 5.82 Å². The number of rotatable bonds is 5. The molecule has 5 rings (SSSR count). The molecule has 1 aromatic carbocycles. The first-order chi connectivity index (χ1) is 13.7. The fourth-order valence-corrected chi connectivity index (χ4v) is 4.72. The number of fused-ring (bicyclic) bond motifs is 3. The maximum absolute atomic E-state index is 13.2. The van der Waals surface area contributed by atoms with Crippen LogP contribution in [0.15, 0.2) is 41.5 Å². The van der Waals surface area contributed by atoms with Crippen LogP contribution in [0.3, 0.4) is 0 Å². The zero-order chi connectivity index (χ0) is 19.1. The third-order valence-corrected chi connectivity index (χ3v) is 6.08. The number of aliphatic imine (C=N–C) groups is 1. The number of carbonyl (C=O) groups is 1. The number of hydrogen-bond donors (Lipinski definition) is 0. The minimum atomic E-state index is 0. The van der Waals surface area contributed by atoms with Gasteiger partial charge in [0.2, 0.25) is 0 Å². The van der Waals surface area contributed by atoms with Crippen molar-refractivity contribution in [2.24, 2.45) is 4.99 Å². The molecule has 3 aliphatic rings. The number of aromatic nitrogens is 2. The quantitative estimate of drug-likeness (QED) is 0.727. The van der Waals surface area contributed by atoms with E-state index in [9.17, 15) is 4.79 Å². The van der Waals surface area contributed by atoms with Crippen LogP contribution in [-0.4, -0.2) is 45.7 Å². The molecule has 0 N–H and O–H groups in total. The highest BCUT2D eigenvalue weighted by Crippen LogP contribution is 2.35. The van der Waals surface area contributed by atoms with E-state index >= 15 is 0 Å². The predicted octanol–water partition coefficient (Wildman–Crippen LogP) is 4.44. The molecule has 2 amide bonds. The summed E-state index contributed by atoms with van der Waals surface area (Å²) < 4.78 is 2.10. The zero-order valence-corrected chi connectivity index (χ0v) is 17.6. The molecule has 1 saturated carbocycles. The standard InChI is InChI=1S/C22H27N5O.ClH/c1-2-12-25-21-19(15-27(24-21)18-10-6-7-11-18)20-23-17(14-26(20)22(25)28)13-16-8-4-3-5-9-16;/h3-5,8-9,15,17-18H,2,6-7,10-14H2,1H3;1H/t17-;/m1./s1. The van der Waals surface area contributed by atoms with Gasteiger partial charge in [-0.2, -0.15) is 5.10 Å². The minimum Gasteiger partial charge on any atom is -0.276 e. The first-order valence-electron chi connectivity index (χ1n) is 10.5. The van der Waals surface area contributed by atoms with Gasteiger partial charge in [-0.25, -0.2) is 4.79 Å². The molecule has 1 fully saturated rings. The molecule has 1 atom stereocenters. The van der Waals surface area contributed by atoms with Gasteiger partial charge in [0.1, 0.15) is 5.84 Å². The van der Waals surface area contributed by atoms with Crippen molar-refractivity contribution in [1.29, 1.82) is 0 Å². The van der Waals surface area contributed by atoms with Gasteiger partial charge in [0.25, 0.3) is 0 Å². The monoisotopic (exact) mass is 413 g/mol. The molecule has 7 heteroatoms. The van der Waals surface area contributed by atoms with Crippen molar-refractivity contribution in [2.75, 3.05) is 18.0 Å². The van der Waals surface area contributed by atoms with E-state index < -0.39 is 0 Å². The zero-order valence-electron chi connectivity index (χ0n) is 16.8. The van der Waals surface area contributed by atoms with Crippen LogP contribution in [0.4, 0.5) is 10.6 Å². The molecule has 2 aromatic rings. The molecule has 2 aliphatic heterocycles. The van der Waals surface area contributed by atoms with Gasteiger partial charge in [0.05, 0.1) is 24.2 Å². The van der Waals surface area contributed by atoms with Crippen LogP contribution in [0.2, 0.25) is 0 Å². The van der Waals surface area contributed by atoms with E-state index in [1.54, 1.807) is 0 Å². The summed E-state index contributed by atoms with van der Waals surface area (Å²) in [4.78, 5) is 21.9. The SMILES string of the molecule is CCCN1C(=O)N2C[C@@H](Cc3ccccc3)N=C2c2cn(C3CCCC3)nc21.Cl. The lowest BCUT2D eigenvalue weighted by Gasteiger charge is -2.32. The highest BCUT2D eigenvalue weighted by molar-refractivity contribution is 6.19. The largest absolute Gasteiger partial charge is 0.331 e. The van der Waals surface area contributed by atoms with Crippen molar-refractivity contribution in [1.82, 2.24) is 14.7 Å². The second kappa shape index (κ2) is 8.19. The molecule has 29 heavy (non-hydrogen) atoms. The molecule has 0 saturated heterocycles. The van der Waals surface area contributed by atoms with Crippen molar-refractivity contribution >= 4 is 30.1 Å². The van der Waals surface area contributed by atoms with Gasteiger partial charge >= 0.3 is 6.03 Å². The number of carbonyl (C=O) groups excluding carboxylic acids is 1. The maximum Gasteiger partial charge on any atom is 0.331 e. The third kappa shape index (κ3) is 3.54. The van der Waals surface area contributed by atoms with E-state index in [-0.39, 0.29) is 24.5 Å². The lowest BCUT2D eigenvalue weighted by Crippen LogP contribution is -2.50. The first-order valence-corrected chi connectivity index (χ1v) is 10.5. The van der Waals surface area contributed by atoms with Crippen LogP contribution in [0, 0.1) is 0 Å². The number of nitrogens with zero attached hydrogens (tertiary/aromatic N) is 5. The Morgan fingerprint density at radius 3 is 2.62 bits per heavy atom. The first kappa shape index (κ1) is 20.0. The van der Waals surface area contributed by atoms with Crippen LogP contribution < -0.4 is 4.90 Å². The molecule has 0 bridgehead atoms. The number of halogens is 1. The number of hydrogen-bond acceptors (Lipinski definition) is 3. The Balaban J connectivity index is 0.00000205. The van der Waals surface area contributed by atoms with Crippen molar-refractivity contribution in [3.8, 4) is 0 Å². The number of amides is 2. The Hall–Kier alpha value is -2.34. The molecule has 3 heterocycles. The summed E-state index contributed by atoms with van der Waals surface area (Å²) in [6.07, 6.45) is 8.78. The fraction of sp³-hybridized carbons (Fsp3) is 0.500. The van der Waals surface area contributed by atoms with E-state index in [0.717, 1.165) is 30.1 Å². The number of amidine groups is 1. The van der Waals surface area contributed by atoms with Crippen LogP contribution in [-0.2, 0) is 6.42 Å². The second-order valence-electron chi connectivity index (χ2n) is 8.13. The van der Waals surface area contributed by atoms with Crippen LogP contribution in [0.1, 0.15) is 56.2 Å². The average Bonchev–Trinajstić information content (AvgIpc) is 3.44. The molecule has 154 valence electrons. The maximum atomic E-state index is 13.2. The third-order valence-electron chi connectivity index (χ3n) is 6.08. The van der Waals surface area contributed by atoms with Crippen molar-refractivity contribution in [3.63, 3.8) is 0 Å². The van der Waals surface area contributed by atoms with E-state index in [1.165, 1.54) is 31.2 Å². The molecule has 6 nitrogen and oxygen atoms in total. The van der Waals surface area contributed by atoms with E-state index in [2.05, 4.69) is 42.1 Å². The predicted molar refractivity (Wildman–Crippen MR) is 117 cm³/mol. The van der Waals surface area contributed by atoms with Crippen LogP contribution in [0.5, 0.6) is 0 Å². The van der Waals surface area contributed by atoms with Crippen molar-refractivity contribution < 1.29 is 4.79 Å². The molecular formula is C22H28ClN5O. The highest BCUT2D eigenvalue weighted by Gasteiger charge is 2.42. The average molecular weight is 414 g/mol. The Bertz CT molecular complexity index is 903. The Kier molecular flexibility index (Phi) is 5.63. The van der Waals surface area contributed by atoms with Gasteiger partial charge in [-0.15, -0.1) is 12.4 Å². The van der Waals surface area contributed by atoms with E-state index in [1.807, 2.05) is 15.9 Å². The summed E-state index contributed by atoms with van der Waals surface area (Å²) in [5.41, 5.74) is 2.28. The summed E-state index contributed by atoms with van der Waals surface area (Å²) in [6.45, 7) is 3.45. The minimum absolute atomic E-state index is 0. The second-order valence-corrected chi connectivity index (χ2v) is 8.13. The molecule has 0 radical (unpaired) electrons. The Morgan fingerprint density at radius 2 is 1.90 bits per heavy atom. The van der Waals surface area contributed by atoms with Gasteiger partial charge < -0.3 is 0 Å². The Labute approximate surface area is 178 Å². The van der Waals surface area contributed by atoms with Gasteiger partial charge in [-0.3, -0.25) is 19.5 Å². The Morgan fingerprint density at radius 1 is 1.14 bits per heavy atom. The molecule has 0 spiro atoms. The molecular weight excluding hydrogens is 386 g/mol. The van der Waals surface area contributed by atoms with Crippen LogP contribution in [0.25, 0.3) is 0 Å². The van der Waals surface area contributed by atoms with Crippen LogP contribution >= 0.6 is 12.4 Å². The number of anilines is 1. The topological polar surface area (TPSA) is 53.7 Å². The normalized spacial score (nSPS) is 21.1. The number of urea groups is 1. The van der Waals surface area contributed by atoms with E-state index in [0.29, 0.717) is 19.1 Å². The molecule has 0 unspecified atom stereocenters. The van der Waals surface area contributed by atoms with Gasteiger partial charge in [-0.1, -0.05) is 50.1 Å². The van der Waals surface area contributed by atoms with Crippen molar-refractivity contribution in [2.45, 2.75) is 57.5 Å². The molecule has 1 aromatic heterocycles. The summed E-state index contributed by atoms with van der Waals surface area (Å²) in [5, 5.41) is 4.87. The summed E-state index contributed by atoms with van der Waals surface area (Å²) in [7, 11) is 0. The van der Waals surface area contributed by atoms with Gasteiger partial charge in [-0.05, 0) is 31.2 Å². The highest BCUT2D eigenvalue weighted by atomic mass is 35.5. The summed E-state index contributed by atoms with van der Waals surface area (Å²) >= 11 is 0. The lowest BCUT2D eigenvalue weighted by atomic mass is 10.1. The summed E-state index contributed by atoms with van der Waals surface area (Å²) in [5.74, 6) is 1.62.